The summed E-state index contributed by atoms with van der Waals surface area (Å²) in [6.45, 7) is 1.94. The Morgan fingerprint density at radius 1 is 1.42 bits per heavy atom. The average molecular weight is 299 g/mol. The number of benzene rings is 1. The van der Waals surface area contributed by atoms with Crippen LogP contribution in [0.3, 0.4) is 0 Å². The molecule has 0 aliphatic heterocycles. The summed E-state index contributed by atoms with van der Waals surface area (Å²) in [7, 11) is 0. The second-order valence-electron chi connectivity index (χ2n) is 3.68. The van der Waals surface area contributed by atoms with Crippen molar-refractivity contribution >= 4 is 35.4 Å². The fourth-order valence-electron chi connectivity index (χ4n) is 1.42. The predicted molar refractivity (Wildman–Crippen MR) is 77.2 cm³/mol. The molecule has 0 radical (unpaired) electrons. The number of rotatable bonds is 4. The SMILES string of the molecule is CCc1nnc(N/N=C\c2cccc(Cl)c2Cl)n1N. The maximum Gasteiger partial charge on any atom is 0.263 e. The van der Waals surface area contributed by atoms with Gasteiger partial charge in [-0.05, 0) is 6.07 Å². The quantitative estimate of drug-likeness (QED) is 0.515. The van der Waals surface area contributed by atoms with Crippen LogP contribution in [0.5, 0.6) is 0 Å². The Bertz CT molecular complexity index is 607. The van der Waals surface area contributed by atoms with E-state index in [1.807, 2.05) is 6.92 Å². The van der Waals surface area contributed by atoms with E-state index >= 15 is 0 Å². The van der Waals surface area contributed by atoms with Crippen molar-refractivity contribution in [2.24, 2.45) is 5.10 Å². The fourth-order valence-corrected chi connectivity index (χ4v) is 1.78. The van der Waals surface area contributed by atoms with Gasteiger partial charge in [-0.1, -0.05) is 42.3 Å². The Morgan fingerprint density at radius 2 is 2.21 bits per heavy atom. The first-order chi connectivity index (χ1) is 9.13. The second kappa shape index (κ2) is 5.90. The highest BCUT2D eigenvalue weighted by atomic mass is 35.5. The third-order valence-electron chi connectivity index (χ3n) is 2.43. The minimum atomic E-state index is 0.353. The molecule has 2 rings (SSSR count). The number of nitrogen functional groups attached to an aromatic ring is 1. The molecular formula is C11H12Cl2N6. The summed E-state index contributed by atoms with van der Waals surface area (Å²) in [5, 5.41) is 12.7. The fraction of sp³-hybridized carbons (Fsp3) is 0.182. The predicted octanol–water partition coefficient (Wildman–Crippen LogP) is 2.31. The highest BCUT2D eigenvalue weighted by Gasteiger charge is 2.06. The van der Waals surface area contributed by atoms with E-state index in [1.54, 1.807) is 18.2 Å². The minimum absolute atomic E-state index is 0.353. The maximum absolute atomic E-state index is 6.02. The number of aromatic nitrogens is 3. The van der Waals surface area contributed by atoms with E-state index in [9.17, 15) is 0 Å². The molecule has 0 fully saturated rings. The summed E-state index contributed by atoms with van der Waals surface area (Å²) in [5.41, 5.74) is 3.39. The van der Waals surface area contributed by atoms with Crippen LogP contribution in [0.2, 0.25) is 10.0 Å². The molecule has 8 heteroatoms. The molecule has 1 heterocycles. The lowest BCUT2D eigenvalue weighted by atomic mass is 10.2. The molecule has 2 aromatic rings. The molecule has 3 N–H and O–H groups in total. The van der Waals surface area contributed by atoms with Gasteiger partial charge < -0.3 is 5.84 Å². The second-order valence-corrected chi connectivity index (χ2v) is 4.46. The van der Waals surface area contributed by atoms with Crippen molar-refractivity contribution in [3.63, 3.8) is 0 Å². The monoisotopic (exact) mass is 298 g/mol. The number of nitrogens with one attached hydrogen (secondary N) is 1. The van der Waals surface area contributed by atoms with Crippen LogP contribution in [0.15, 0.2) is 23.3 Å². The Balaban J connectivity index is 2.11. The van der Waals surface area contributed by atoms with Gasteiger partial charge in [0.05, 0.1) is 16.3 Å². The molecule has 0 amide bonds. The van der Waals surface area contributed by atoms with Crippen LogP contribution in [0.25, 0.3) is 0 Å². The average Bonchev–Trinajstić information content (AvgIpc) is 2.75. The van der Waals surface area contributed by atoms with E-state index in [1.165, 1.54) is 10.9 Å². The molecule has 100 valence electrons. The number of aryl methyl sites for hydroxylation is 1. The standard InChI is InChI=1S/C11H12Cl2N6/c1-2-9-16-18-11(19(9)14)17-15-6-7-4-3-5-8(12)10(7)13/h3-6H,2,14H2,1H3,(H,17,18)/b15-6-. The number of nitrogens with two attached hydrogens (primary N) is 1. The lowest BCUT2D eigenvalue weighted by molar-refractivity contribution is 0.855. The van der Waals surface area contributed by atoms with Gasteiger partial charge >= 0.3 is 0 Å². The highest BCUT2D eigenvalue weighted by molar-refractivity contribution is 6.43. The van der Waals surface area contributed by atoms with Gasteiger partial charge in [-0.25, -0.2) is 10.1 Å². The van der Waals surface area contributed by atoms with Gasteiger partial charge in [-0.15, -0.1) is 10.2 Å². The van der Waals surface area contributed by atoms with Crippen LogP contribution in [0, 0.1) is 0 Å². The van der Waals surface area contributed by atoms with Crippen molar-refractivity contribution in [3.8, 4) is 0 Å². The summed E-state index contributed by atoms with van der Waals surface area (Å²) in [5.74, 6) is 6.77. The lowest BCUT2D eigenvalue weighted by Gasteiger charge is -2.01. The third kappa shape index (κ3) is 2.97. The Labute approximate surface area is 120 Å². The zero-order chi connectivity index (χ0) is 13.8. The van der Waals surface area contributed by atoms with Gasteiger partial charge in [0, 0.05) is 12.0 Å². The third-order valence-corrected chi connectivity index (χ3v) is 3.27. The molecule has 1 aromatic heterocycles. The van der Waals surface area contributed by atoms with Crippen molar-refractivity contribution in [2.75, 3.05) is 11.3 Å². The van der Waals surface area contributed by atoms with E-state index in [-0.39, 0.29) is 0 Å². The molecular weight excluding hydrogens is 287 g/mol. The van der Waals surface area contributed by atoms with Crippen molar-refractivity contribution < 1.29 is 0 Å². The minimum Gasteiger partial charge on any atom is -0.335 e. The zero-order valence-electron chi connectivity index (χ0n) is 10.1. The number of hydrogen-bond donors (Lipinski definition) is 2. The molecule has 1 aromatic carbocycles. The van der Waals surface area contributed by atoms with Crippen LogP contribution < -0.4 is 11.3 Å². The largest absolute Gasteiger partial charge is 0.335 e. The molecule has 0 saturated heterocycles. The van der Waals surface area contributed by atoms with E-state index in [4.69, 9.17) is 29.0 Å². The Kier molecular flexibility index (Phi) is 4.24. The van der Waals surface area contributed by atoms with E-state index in [0.29, 0.717) is 33.8 Å². The highest BCUT2D eigenvalue weighted by Crippen LogP contribution is 2.24. The van der Waals surface area contributed by atoms with Gasteiger partial charge in [0.2, 0.25) is 0 Å². The number of hydrogen-bond acceptors (Lipinski definition) is 5. The molecule has 0 unspecified atom stereocenters. The first-order valence-corrected chi connectivity index (χ1v) is 6.31. The summed E-state index contributed by atoms with van der Waals surface area (Å²) in [6, 6.07) is 5.29. The van der Waals surface area contributed by atoms with Crippen LogP contribution in [0.1, 0.15) is 18.3 Å². The van der Waals surface area contributed by atoms with Gasteiger partial charge in [-0.2, -0.15) is 5.10 Å². The number of anilines is 1. The molecule has 0 saturated carbocycles. The van der Waals surface area contributed by atoms with Crippen LogP contribution in [0.4, 0.5) is 5.95 Å². The maximum atomic E-state index is 6.02. The van der Waals surface area contributed by atoms with Gasteiger partial charge in [-0.3, -0.25) is 0 Å². The molecule has 0 aliphatic rings. The van der Waals surface area contributed by atoms with Gasteiger partial charge in [0.15, 0.2) is 5.82 Å². The molecule has 0 atom stereocenters. The summed E-state index contributed by atoms with van der Waals surface area (Å²) in [4.78, 5) is 0. The van der Waals surface area contributed by atoms with Gasteiger partial charge in [0.25, 0.3) is 5.95 Å². The molecule has 19 heavy (non-hydrogen) atoms. The van der Waals surface area contributed by atoms with Crippen molar-refractivity contribution in [1.82, 2.24) is 14.9 Å². The van der Waals surface area contributed by atoms with E-state index in [2.05, 4.69) is 20.7 Å². The van der Waals surface area contributed by atoms with Crippen LogP contribution in [-0.2, 0) is 6.42 Å². The lowest BCUT2D eigenvalue weighted by Crippen LogP contribution is -2.14. The number of hydrazone groups is 1. The zero-order valence-corrected chi connectivity index (χ0v) is 11.7. The smallest absolute Gasteiger partial charge is 0.263 e. The number of nitrogens with zero attached hydrogens (tertiary/aromatic N) is 4. The van der Waals surface area contributed by atoms with E-state index in [0.717, 1.165) is 0 Å². The van der Waals surface area contributed by atoms with E-state index < -0.39 is 0 Å². The Hall–Kier alpha value is -1.79. The molecule has 6 nitrogen and oxygen atoms in total. The molecule has 0 bridgehead atoms. The first kappa shape index (κ1) is 13.6. The van der Waals surface area contributed by atoms with Gasteiger partial charge in [0.1, 0.15) is 0 Å². The molecule has 0 aliphatic carbocycles. The van der Waals surface area contributed by atoms with Crippen LogP contribution in [-0.4, -0.2) is 21.1 Å². The Morgan fingerprint density at radius 3 is 2.89 bits per heavy atom. The first-order valence-electron chi connectivity index (χ1n) is 5.56. The normalized spacial score (nSPS) is 11.1. The summed E-state index contributed by atoms with van der Waals surface area (Å²) < 4.78 is 1.34. The molecule has 0 spiro atoms. The van der Waals surface area contributed by atoms with Crippen molar-refractivity contribution in [2.45, 2.75) is 13.3 Å². The van der Waals surface area contributed by atoms with Crippen LogP contribution >= 0.6 is 23.2 Å². The number of halogens is 2. The van der Waals surface area contributed by atoms with Crippen molar-refractivity contribution in [3.05, 3.63) is 39.6 Å². The summed E-state index contributed by atoms with van der Waals surface area (Å²) in [6.07, 6.45) is 2.23. The summed E-state index contributed by atoms with van der Waals surface area (Å²) >= 11 is 11.9. The topological polar surface area (TPSA) is 81.1 Å². The van der Waals surface area contributed by atoms with Crippen molar-refractivity contribution in [1.29, 1.82) is 0 Å².